The first-order valence-corrected chi connectivity index (χ1v) is 5.51. The van der Waals surface area contributed by atoms with Crippen molar-refractivity contribution in [3.8, 4) is 23.1 Å². The van der Waals surface area contributed by atoms with Gasteiger partial charge in [-0.1, -0.05) is 11.6 Å². The quantitative estimate of drug-likeness (QED) is 0.902. The molecule has 0 aliphatic rings. The van der Waals surface area contributed by atoms with Crippen molar-refractivity contribution in [1.82, 2.24) is 4.98 Å². The summed E-state index contributed by atoms with van der Waals surface area (Å²) in [5.41, 5.74) is 0.863. The van der Waals surface area contributed by atoms with Crippen LogP contribution in [0.15, 0.2) is 35.1 Å². The molecule has 0 unspecified atom stereocenters. The number of hydrogen-bond acceptors (Lipinski definition) is 3. The van der Waals surface area contributed by atoms with Crippen LogP contribution >= 0.6 is 11.6 Å². The van der Waals surface area contributed by atoms with E-state index in [9.17, 15) is 4.79 Å². The van der Waals surface area contributed by atoms with Crippen LogP contribution in [0.4, 0.5) is 0 Å². The van der Waals surface area contributed by atoms with E-state index in [0.29, 0.717) is 22.0 Å². The molecular weight excluding hydrogens is 252 g/mol. The van der Waals surface area contributed by atoms with E-state index < -0.39 is 5.56 Å². The lowest BCUT2D eigenvalue weighted by Gasteiger charge is -2.08. The van der Waals surface area contributed by atoms with Crippen molar-refractivity contribution in [2.75, 3.05) is 7.11 Å². The highest BCUT2D eigenvalue weighted by molar-refractivity contribution is 6.30. The Labute approximate surface area is 108 Å². The Morgan fingerprint density at radius 1 is 1.33 bits per heavy atom. The molecule has 0 aliphatic heterocycles. The summed E-state index contributed by atoms with van der Waals surface area (Å²) in [5, 5.41) is 9.25. The lowest BCUT2D eigenvalue weighted by Crippen LogP contribution is -2.10. The zero-order valence-corrected chi connectivity index (χ0v) is 10.3. The van der Waals surface area contributed by atoms with Gasteiger partial charge < -0.3 is 9.72 Å². The number of H-pyrrole nitrogens is 1. The molecule has 2 rings (SSSR count). The second-order valence-electron chi connectivity index (χ2n) is 3.57. The summed E-state index contributed by atoms with van der Waals surface area (Å²) in [7, 11) is 1.54. The molecule has 1 N–H and O–H groups in total. The number of aromatic nitrogens is 1. The summed E-state index contributed by atoms with van der Waals surface area (Å²) in [4.78, 5) is 14.2. The third-order valence-corrected chi connectivity index (χ3v) is 2.72. The van der Waals surface area contributed by atoms with Gasteiger partial charge in [0.25, 0.3) is 5.56 Å². The summed E-state index contributed by atoms with van der Waals surface area (Å²) >= 11 is 5.92. The van der Waals surface area contributed by atoms with Gasteiger partial charge in [0.05, 0.1) is 12.8 Å². The fourth-order valence-electron chi connectivity index (χ4n) is 1.61. The molecule has 1 aromatic carbocycles. The fourth-order valence-corrected chi connectivity index (χ4v) is 1.78. The van der Waals surface area contributed by atoms with Crippen LogP contribution in [0.25, 0.3) is 11.3 Å². The molecule has 0 radical (unpaired) electrons. The molecule has 1 aromatic heterocycles. The van der Waals surface area contributed by atoms with Crippen LogP contribution in [-0.4, -0.2) is 12.1 Å². The number of ether oxygens (including phenoxy) is 1. The lowest BCUT2D eigenvalue weighted by atomic mass is 10.1. The number of benzene rings is 1. The molecule has 4 nitrogen and oxygen atoms in total. The van der Waals surface area contributed by atoms with Crippen molar-refractivity contribution < 1.29 is 4.74 Å². The predicted octanol–water partition coefficient (Wildman–Crippen LogP) is 2.58. The second kappa shape index (κ2) is 4.94. The zero-order valence-electron chi connectivity index (χ0n) is 9.53. The van der Waals surface area contributed by atoms with E-state index in [1.165, 1.54) is 13.2 Å². The van der Waals surface area contributed by atoms with Gasteiger partial charge in [0.15, 0.2) is 0 Å². The van der Waals surface area contributed by atoms with Crippen LogP contribution in [0.3, 0.4) is 0 Å². The molecule has 90 valence electrons. The van der Waals surface area contributed by atoms with Crippen LogP contribution < -0.4 is 10.3 Å². The van der Waals surface area contributed by atoms with Gasteiger partial charge in [-0.25, -0.2) is 0 Å². The molecule has 18 heavy (non-hydrogen) atoms. The van der Waals surface area contributed by atoms with E-state index in [0.717, 1.165) is 0 Å². The predicted molar refractivity (Wildman–Crippen MR) is 68.8 cm³/mol. The smallest absolute Gasteiger partial charge is 0.266 e. The van der Waals surface area contributed by atoms with Crippen molar-refractivity contribution in [2.24, 2.45) is 0 Å². The Morgan fingerprint density at radius 2 is 2.11 bits per heavy atom. The van der Waals surface area contributed by atoms with Crippen LogP contribution in [0.2, 0.25) is 5.02 Å². The van der Waals surface area contributed by atoms with Crippen molar-refractivity contribution in [3.05, 3.63) is 51.3 Å². The molecule has 0 atom stereocenters. The van der Waals surface area contributed by atoms with Crippen molar-refractivity contribution in [2.45, 2.75) is 0 Å². The first kappa shape index (κ1) is 12.2. The van der Waals surface area contributed by atoms with E-state index >= 15 is 0 Å². The Kier molecular flexibility index (Phi) is 3.35. The molecule has 1 heterocycles. The Morgan fingerprint density at radius 3 is 2.72 bits per heavy atom. The third-order valence-electron chi connectivity index (χ3n) is 2.48. The monoisotopic (exact) mass is 260 g/mol. The number of aromatic amines is 1. The molecule has 2 aromatic rings. The van der Waals surface area contributed by atoms with Gasteiger partial charge >= 0.3 is 0 Å². The maximum atomic E-state index is 11.6. The number of nitriles is 1. The molecule has 0 aliphatic carbocycles. The van der Waals surface area contributed by atoms with Gasteiger partial charge in [0, 0.05) is 10.6 Å². The van der Waals surface area contributed by atoms with E-state index in [1.54, 1.807) is 24.3 Å². The van der Waals surface area contributed by atoms with Gasteiger partial charge in [0.1, 0.15) is 17.4 Å². The topological polar surface area (TPSA) is 65.9 Å². The summed E-state index contributed by atoms with van der Waals surface area (Å²) in [6.45, 7) is 0. The molecule has 5 heteroatoms. The fraction of sp³-hybridized carbons (Fsp3) is 0.0769. The maximum Gasteiger partial charge on any atom is 0.266 e. The van der Waals surface area contributed by atoms with Gasteiger partial charge in [0.2, 0.25) is 0 Å². The maximum absolute atomic E-state index is 11.6. The van der Waals surface area contributed by atoms with Crippen molar-refractivity contribution in [1.29, 1.82) is 5.26 Å². The number of rotatable bonds is 2. The molecule has 0 spiro atoms. The third kappa shape index (κ3) is 2.22. The van der Waals surface area contributed by atoms with E-state index in [1.807, 2.05) is 6.07 Å². The summed E-state index contributed by atoms with van der Waals surface area (Å²) < 4.78 is 5.21. The highest BCUT2D eigenvalue weighted by Gasteiger charge is 2.08. The number of methoxy groups -OCH3 is 1. The standard InChI is InChI=1S/C13H9ClN2O2/c1-18-12-5-3-9(14)6-10(12)11-4-2-8(7-15)13(17)16-11/h2-6H,1H3,(H,16,17). The highest BCUT2D eigenvalue weighted by atomic mass is 35.5. The first-order chi connectivity index (χ1) is 8.65. The second-order valence-corrected chi connectivity index (χ2v) is 4.01. The first-order valence-electron chi connectivity index (χ1n) is 5.13. The number of hydrogen-bond donors (Lipinski definition) is 1. The summed E-state index contributed by atoms with van der Waals surface area (Å²) in [6.07, 6.45) is 0. The van der Waals surface area contributed by atoms with Crippen molar-refractivity contribution >= 4 is 11.6 Å². The minimum Gasteiger partial charge on any atom is -0.496 e. The molecule has 0 amide bonds. The Hall–Kier alpha value is -2.25. The van der Waals surface area contributed by atoms with Gasteiger partial charge in [-0.15, -0.1) is 0 Å². The van der Waals surface area contributed by atoms with Gasteiger partial charge in [-0.2, -0.15) is 5.26 Å². The van der Waals surface area contributed by atoms with Crippen molar-refractivity contribution in [3.63, 3.8) is 0 Å². The summed E-state index contributed by atoms with van der Waals surface area (Å²) in [5.74, 6) is 0.597. The summed E-state index contributed by atoms with van der Waals surface area (Å²) in [6, 6.07) is 10.0. The molecule has 0 saturated carbocycles. The van der Waals surface area contributed by atoms with Gasteiger partial charge in [-0.05, 0) is 30.3 Å². The average molecular weight is 261 g/mol. The minimum absolute atomic E-state index is 0.0692. The molecule has 0 saturated heterocycles. The largest absolute Gasteiger partial charge is 0.496 e. The number of nitrogens with one attached hydrogen (secondary N) is 1. The SMILES string of the molecule is COc1ccc(Cl)cc1-c1ccc(C#N)c(=O)[nH]1. The highest BCUT2D eigenvalue weighted by Crippen LogP contribution is 2.30. The Bertz CT molecular complexity index is 686. The van der Waals surface area contributed by atoms with Crippen LogP contribution in [-0.2, 0) is 0 Å². The number of nitrogens with zero attached hydrogens (tertiary/aromatic N) is 1. The molecule has 0 bridgehead atoms. The molecular formula is C13H9ClN2O2. The van der Waals surface area contributed by atoms with Gasteiger partial charge in [-0.3, -0.25) is 4.79 Å². The van der Waals surface area contributed by atoms with Crippen LogP contribution in [0.1, 0.15) is 5.56 Å². The number of halogens is 1. The average Bonchev–Trinajstić information content (AvgIpc) is 2.38. The molecule has 0 fully saturated rings. The van der Waals surface area contributed by atoms with E-state index in [-0.39, 0.29) is 5.56 Å². The zero-order chi connectivity index (χ0) is 13.1. The van der Waals surface area contributed by atoms with E-state index in [4.69, 9.17) is 21.6 Å². The normalized spacial score (nSPS) is 9.83. The minimum atomic E-state index is -0.433. The van der Waals surface area contributed by atoms with E-state index in [2.05, 4.69) is 4.98 Å². The lowest BCUT2D eigenvalue weighted by molar-refractivity contribution is 0.416. The van der Waals surface area contributed by atoms with Crippen LogP contribution in [0, 0.1) is 11.3 Å². The van der Waals surface area contributed by atoms with Crippen LogP contribution in [0.5, 0.6) is 5.75 Å². The Balaban J connectivity index is 2.62. The number of pyridine rings is 1.